The fraction of sp³-hybridized carbons (Fsp3) is 0.455. The number of nitrogens with one attached hydrogen (secondary N) is 1. The summed E-state index contributed by atoms with van der Waals surface area (Å²) in [6, 6.07) is 10.8. The number of methoxy groups -OCH3 is 1. The summed E-state index contributed by atoms with van der Waals surface area (Å²) in [7, 11) is 1.63. The van der Waals surface area contributed by atoms with Gasteiger partial charge >= 0.3 is 0 Å². The van der Waals surface area contributed by atoms with E-state index in [9.17, 15) is 4.39 Å². The number of benzene rings is 2. The maximum atomic E-state index is 13.3. The zero-order valence-corrected chi connectivity index (χ0v) is 17.3. The molecule has 4 nitrogen and oxygen atoms in total. The Morgan fingerprint density at radius 1 is 1.25 bits per heavy atom. The highest BCUT2D eigenvalue weighted by molar-refractivity contribution is 6.31. The second-order valence-corrected chi connectivity index (χ2v) is 7.44. The minimum absolute atomic E-state index is 0.249. The molecular weight excluding hydrogens is 379 g/mol. The van der Waals surface area contributed by atoms with Crippen molar-refractivity contribution in [2.24, 2.45) is 0 Å². The molecular formula is C22H28ClFN2O2. The number of ether oxygens (including phenoxy) is 2. The predicted octanol–water partition coefficient (Wildman–Crippen LogP) is 4.64. The molecule has 1 aliphatic heterocycles. The van der Waals surface area contributed by atoms with Gasteiger partial charge in [-0.15, -0.1) is 0 Å². The number of hydrogen-bond donors (Lipinski definition) is 1. The van der Waals surface area contributed by atoms with Gasteiger partial charge in [-0.25, -0.2) is 4.39 Å². The van der Waals surface area contributed by atoms with Gasteiger partial charge in [0, 0.05) is 30.3 Å². The summed E-state index contributed by atoms with van der Waals surface area (Å²) < 4.78 is 24.8. The average molecular weight is 407 g/mol. The van der Waals surface area contributed by atoms with Gasteiger partial charge in [-0.05, 0) is 44.1 Å². The summed E-state index contributed by atoms with van der Waals surface area (Å²) in [5.41, 5.74) is 1.76. The highest BCUT2D eigenvalue weighted by Gasteiger charge is 2.22. The predicted molar refractivity (Wildman–Crippen MR) is 111 cm³/mol. The topological polar surface area (TPSA) is 33.7 Å². The first kappa shape index (κ1) is 20.9. The number of nitrogens with zero attached hydrogens (tertiary/aromatic N) is 1. The van der Waals surface area contributed by atoms with E-state index in [4.69, 9.17) is 21.1 Å². The van der Waals surface area contributed by atoms with Gasteiger partial charge in [0.15, 0.2) is 11.5 Å². The van der Waals surface area contributed by atoms with Gasteiger partial charge in [0.1, 0.15) is 12.4 Å². The fourth-order valence-electron chi connectivity index (χ4n) is 3.73. The maximum Gasteiger partial charge on any atom is 0.166 e. The Labute approximate surface area is 171 Å². The molecule has 0 spiro atoms. The van der Waals surface area contributed by atoms with Crippen LogP contribution in [0.1, 0.15) is 30.9 Å². The van der Waals surface area contributed by atoms with Gasteiger partial charge in [-0.1, -0.05) is 36.7 Å². The molecule has 2 aromatic rings. The zero-order valence-electron chi connectivity index (χ0n) is 16.5. The Hall–Kier alpha value is -1.82. The van der Waals surface area contributed by atoms with Crippen LogP contribution in [0.3, 0.4) is 0 Å². The molecule has 0 aliphatic carbocycles. The van der Waals surface area contributed by atoms with E-state index in [0.29, 0.717) is 29.1 Å². The van der Waals surface area contributed by atoms with E-state index in [1.807, 2.05) is 18.2 Å². The third-order valence-electron chi connectivity index (χ3n) is 5.27. The largest absolute Gasteiger partial charge is 0.493 e. The SMILES string of the molecule is CCN1CCC[C@@H]1CNCc1cccc(OC)c1OCc1ccc(F)cc1Cl. The first-order valence-electron chi connectivity index (χ1n) is 9.79. The van der Waals surface area contributed by atoms with Gasteiger partial charge in [0.2, 0.25) is 0 Å². The molecule has 0 amide bonds. The highest BCUT2D eigenvalue weighted by atomic mass is 35.5. The molecule has 1 saturated heterocycles. The first-order chi connectivity index (χ1) is 13.6. The molecule has 0 saturated carbocycles. The smallest absolute Gasteiger partial charge is 0.166 e. The van der Waals surface area contributed by atoms with Crippen LogP contribution in [-0.2, 0) is 13.2 Å². The van der Waals surface area contributed by atoms with E-state index in [0.717, 1.165) is 24.2 Å². The van der Waals surface area contributed by atoms with Crippen molar-refractivity contribution in [3.05, 3.63) is 58.4 Å². The van der Waals surface area contributed by atoms with Crippen LogP contribution in [0.5, 0.6) is 11.5 Å². The van der Waals surface area contributed by atoms with E-state index in [1.165, 1.54) is 31.5 Å². The van der Waals surface area contributed by atoms with Gasteiger partial charge in [0.05, 0.1) is 12.1 Å². The second-order valence-electron chi connectivity index (χ2n) is 7.03. The van der Waals surface area contributed by atoms with E-state index >= 15 is 0 Å². The van der Waals surface area contributed by atoms with E-state index in [-0.39, 0.29) is 12.4 Å². The second kappa shape index (κ2) is 10.1. The lowest BCUT2D eigenvalue weighted by molar-refractivity contribution is 0.258. The molecule has 1 heterocycles. The molecule has 2 aromatic carbocycles. The number of rotatable bonds is 9. The molecule has 1 N–H and O–H groups in total. The van der Waals surface area contributed by atoms with Crippen LogP contribution < -0.4 is 14.8 Å². The Morgan fingerprint density at radius 2 is 2.11 bits per heavy atom. The van der Waals surface area contributed by atoms with Crippen LogP contribution in [0.4, 0.5) is 4.39 Å². The molecule has 1 aliphatic rings. The molecule has 0 unspecified atom stereocenters. The van der Waals surface area contributed by atoms with Gasteiger partial charge in [-0.3, -0.25) is 4.90 Å². The third-order valence-corrected chi connectivity index (χ3v) is 5.62. The number of halogens is 2. The molecule has 3 rings (SSSR count). The molecule has 1 fully saturated rings. The summed E-state index contributed by atoms with van der Waals surface area (Å²) >= 11 is 6.12. The summed E-state index contributed by atoms with van der Waals surface area (Å²) in [5, 5.41) is 3.92. The van der Waals surface area contributed by atoms with Crippen molar-refractivity contribution >= 4 is 11.6 Å². The molecule has 28 heavy (non-hydrogen) atoms. The molecule has 152 valence electrons. The quantitative estimate of drug-likeness (QED) is 0.657. The third kappa shape index (κ3) is 5.16. The van der Waals surface area contributed by atoms with Crippen molar-refractivity contribution in [2.75, 3.05) is 26.7 Å². The standard InChI is InChI=1S/C22H28ClFN2O2/c1-3-26-11-5-7-19(26)14-25-13-16-6-4-8-21(27-2)22(16)28-15-17-9-10-18(24)12-20(17)23/h4,6,8-10,12,19,25H,3,5,7,11,13-15H2,1-2H3/t19-/m1/s1. The van der Waals surface area contributed by atoms with Gasteiger partial charge in [-0.2, -0.15) is 0 Å². The lowest BCUT2D eigenvalue weighted by atomic mass is 10.1. The van der Waals surface area contributed by atoms with Crippen molar-refractivity contribution in [3.8, 4) is 11.5 Å². The van der Waals surface area contributed by atoms with E-state index < -0.39 is 0 Å². The molecule has 6 heteroatoms. The molecule has 1 atom stereocenters. The Morgan fingerprint density at radius 3 is 2.86 bits per heavy atom. The number of hydrogen-bond acceptors (Lipinski definition) is 4. The van der Waals surface area contributed by atoms with Crippen LogP contribution >= 0.6 is 11.6 Å². The fourth-order valence-corrected chi connectivity index (χ4v) is 3.95. The van der Waals surface area contributed by atoms with E-state index in [2.05, 4.69) is 17.1 Å². The molecule has 0 aromatic heterocycles. The normalized spacial score (nSPS) is 17.1. The molecule has 0 bridgehead atoms. The average Bonchev–Trinajstić information content (AvgIpc) is 3.15. The van der Waals surface area contributed by atoms with Crippen LogP contribution in [0.15, 0.2) is 36.4 Å². The Balaban J connectivity index is 1.66. The molecule has 0 radical (unpaired) electrons. The highest BCUT2D eigenvalue weighted by Crippen LogP contribution is 2.32. The summed E-state index contributed by atoms with van der Waals surface area (Å²) in [4.78, 5) is 2.52. The Kier molecular flexibility index (Phi) is 7.54. The summed E-state index contributed by atoms with van der Waals surface area (Å²) in [6.45, 7) is 6.39. The number of likely N-dealkylation sites (N-methyl/N-ethyl adjacent to an activating group) is 1. The minimum Gasteiger partial charge on any atom is -0.493 e. The van der Waals surface area contributed by atoms with Gasteiger partial charge in [0.25, 0.3) is 0 Å². The maximum absolute atomic E-state index is 13.3. The van der Waals surface area contributed by atoms with Crippen molar-refractivity contribution in [2.45, 2.75) is 39.0 Å². The van der Waals surface area contributed by atoms with Crippen LogP contribution in [0.2, 0.25) is 5.02 Å². The number of para-hydroxylation sites is 1. The monoisotopic (exact) mass is 406 g/mol. The van der Waals surface area contributed by atoms with Crippen LogP contribution in [-0.4, -0.2) is 37.7 Å². The van der Waals surface area contributed by atoms with Crippen molar-refractivity contribution in [1.82, 2.24) is 10.2 Å². The summed E-state index contributed by atoms with van der Waals surface area (Å²) in [5.74, 6) is 1.01. The van der Waals surface area contributed by atoms with E-state index in [1.54, 1.807) is 13.2 Å². The Bertz CT molecular complexity index is 787. The lowest BCUT2D eigenvalue weighted by Crippen LogP contribution is -2.37. The first-order valence-corrected chi connectivity index (χ1v) is 10.2. The van der Waals surface area contributed by atoms with Gasteiger partial charge < -0.3 is 14.8 Å². The van der Waals surface area contributed by atoms with Crippen molar-refractivity contribution < 1.29 is 13.9 Å². The zero-order chi connectivity index (χ0) is 19.9. The summed E-state index contributed by atoms with van der Waals surface area (Å²) in [6.07, 6.45) is 2.51. The lowest BCUT2D eigenvalue weighted by Gasteiger charge is -2.23. The number of likely N-dealkylation sites (tertiary alicyclic amines) is 1. The van der Waals surface area contributed by atoms with Crippen molar-refractivity contribution in [3.63, 3.8) is 0 Å². The minimum atomic E-state index is -0.357. The van der Waals surface area contributed by atoms with Crippen LogP contribution in [0, 0.1) is 5.82 Å². The van der Waals surface area contributed by atoms with Crippen LogP contribution in [0.25, 0.3) is 0 Å². The van der Waals surface area contributed by atoms with Crippen molar-refractivity contribution in [1.29, 1.82) is 0 Å².